The topological polar surface area (TPSA) is 53.5 Å². The summed E-state index contributed by atoms with van der Waals surface area (Å²) >= 11 is 0. The highest BCUT2D eigenvalue weighted by Gasteiger charge is 2.55. The molecule has 1 aromatic rings. The Bertz CT molecular complexity index is 709. The lowest BCUT2D eigenvalue weighted by molar-refractivity contribution is -0.136. The maximum absolute atomic E-state index is 13.8. The highest BCUT2D eigenvalue weighted by atomic mass is 19.1. The van der Waals surface area contributed by atoms with Crippen molar-refractivity contribution < 1.29 is 18.4 Å². The van der Waals surface area contributed by atoms with Crippen molar-refractivity contribution in [2.45, 2.75) is 13.3 Å². The Hall–Kier alpha value is -2.31. The van der Waals surface area contributed by atoms with Crippen LogP contribution >= 0.6 is 0 Å². The summed E-state index contributed by atoms with van der Waals surface area (Å²) in [6, 6.07) is 0.799. The number of aromatic nitrogens is 1. The first-order chi connectivity index (χ1) is 11.4. The molecule has 2 saturated heterocycles. The normalized spacial score (nSPS) is 26.5. The van der Waals surface area contributed by atoms with E-state index >= 15 is 0 Å². The Morgan fingerprint density at radius 1 is 1.54 bits per heavy atom. The number of amides is 2. The highest BCUT2D eigenvalue weighted by Crippen LogP contribution is 2.45. The maximum Gasteiger partial charge on any atom is 0.257 e. The average molecular weight is 335 g/mol. The van der Waals surface area contributed by atoms with Crippen LogP contribution in [0.4, 0.5) is 8.78 Å². The second-order valence-electron chi connectivity index (χ2n) is 6.52. The first-order valence-corrected chi connectivity index (χ1v) is 7.89. The van der Waals surface area contributed by atoms with E-state index in [1.54, 1.807) is 11.0 Å². The summed E-state index contributed by atoms with van der Waals surface area (Å²) < 4.78 is 27.1. The maximum atomic E-state index is 13.8. The number of halogens is 2. The monoisotopic (exact) mass is 335 g/mol. The number of pyridine rings is 1. The predicted molar refractivity (Wildman–Crippen MR) is 83.0 cm³/mol. The molecule has 2 atom stereocenters. The van der Waals surface area contributed by atoms with Crippen molar-refractivity contribution in [3.8, 4) is 0 Å². The number of likely N-dealkylation sites (tertiary alicyclic amines) is 2. The molecule has 2 amide bonds. The molecular formula is C17H19F2N3O2. The number of carbonyl (C=O) groups is 2. The van der Waals surface area contributed by atoms with E-state index in [0.717, 1.165) is 6.07 Å². The molecule has 2 aliphatic rings. The van der Waals surface area contributed by atoms with Crippen LogP contribution in [0.15, 0.2) is 24.9 Å². The molecule has 3 rings (SSSR count). The van der Waals surface area contributed by atoms with E-state index in [9.17, 15) is 18.4 Å². The fourth-order valence-electron chi connectivity index (χ4n) is 3.76. The van der Waals surface area contributed by atoms with Crippen LogP contribution in [-0.2, 0) is 4.79 Å². The lowest BCUT2D eigenvalue weighted by Crippen LogP contribution is -2.40. The summed E-state index contributed by atoms with van der Waals surface area (Å²) in [5, 5.41) is 0. The van der Waals surface area contributed by atoms with Crippen LogP contribution < -0.4 is 0 Å². The minimum atomic E-state index is -0.907. The summed E-state index contributed by atoms with van der Waals surface area (Å²) in [7, 11) is 0. The first kappa shape index (κ1) is 16.5. The number of hydrogen-bond donors (Lipinski definition) is 0. The van der Waals surface area contributed by atoms with Gasteiger partial charge in [-0.1, -0.05) is 13.0 Å². The molecule has 0 aliphatic carbocycles. The second kappa shape index (κ2) is 5.96. The van der Waals surface area contributed by atoms with Crippen LogP contribution in [0.1, 0.15) is 23.7 Å². The summed E-state index contributed by atoms with van der Waals surface area (Å²) in [4.78, 5) is 31.7. The van der Waals surface area contributed by atoms with Crippen LogP contribution in [0.5, 0.6) is 0 Å². The Balaban J connectivity index is 1.83. The molecule has 0 saturated carbocycles. The van der Waals surface area contributed by atoms with Gasteiger partial charge in [0.25, 0.3) is 5.91 Å². The van der Waals surface area contributed by atoms with E-state index in [-0.39, 0.29) is 23.9 Å². The molecule has 128 valence electrons. The van der Waals surface area contributed by atoms with Crippen molar-refractivity contribution >= 4 is 11.8 Å². The van der Waals surface area contributed by atoms with Gasteiger partial charge in [0.1, 0.15) is 0 Å². The predicted octanol–water partition coefficient (Wildman–Crippen LogP) is 1.86. The summed E-state index contributed by atoms with van der Waals surface area (Å²) in [6.45, 7) is 7.24. The number of hydrogen-bond acceptors (Lipinski definition) is 3. The van der Waals surface area contributed by atoms with E-state index in [1.807, 2.05) is 6.92 Å². The second-order valence-corrected chi connectivity index (χ2v) is 6.52. The Morgan fingerprint density at radius 2 is 2.29 bits per heavy atom. The highest BCUT2D eigenvalue weighted by molar-refractivity contribution is 5.96. The van der Waals surface area contributed by atoms with Gasteiger partial charge in [0, 0.05) is 32.2 Å². The van der Waals surface area contributed by atoms with Crippen LogP contribution in [0.2, 0.25) is 0 Å². The SMILES string of the molecule is C=CCN1CC[C@]2(CN(C(=O)c3cc(F)ncc3F)C[C@H]2C)C1=O. The summed E-state index contributed by atoms with van der Waals surface area (Å²) in [6.07, 6.45) is 3.02. The Kier molecular flexibility index (Phi) is 4.11. The third-order valence-corrected chi connectivity index (χ3v) is 5.14. The van der Waals surface area contributed by atoms with Gasteiger partial charge in [-0.05, 0) is 12.3 Å². The molecule has 0 radical (unpaired) electrons. The lowest BCUT2D eigenvalue weighted by Gasteiger charge is -2.26. The van der Waals surface area contributed by atoms with Gasteiger partial charge < -0.3 is 9.80 Å². The van der Waals surface area contributed by atoms with Gasteiger partial charge in [-0.15, -0.1) is 6.58 Å². The van der Waals surface area contributed by atoms with E-state index < -0.39 is 23.1 Å². The van der Waals surface area contributed by atoms with Crippen LogP contribution in [0.25, 0.3) is 0 Å². The Morgan fingerprint density at radius 3 is 3.00 bits per heavy atom. The molecule has 3 heterocycles. The molecule has 2 fully saturated rings. The zero-order valence-electron chi connectivity index (χ0n) is 13.5. The molecule has 0 bridgehead atoms. The van der Waals surface area contributed by atoms with E-state index in [2.05, 4.69) is 11.6 Å². The number of carbonyl (C=O) groups excluding carboxylic acids is 2. The minimum Gasteiger partial charge on any atom is -0.338 e. The lowest BCUT2D eigenvalue weighted by atomic mass is 9.78. The quantitative estimate of drug-likeness (QED) is 0.626. The fraction of sp³-hybridized carbons (Fsp3) is 0.471. The molecule has 7 heteroatoms. The van der Waals surface area contributed by atoms with Crippen molar-refractivity contribution in [3.05, 3.63) is 42.2 Å². The molecule has 24 heavy (non-hydrogen) atoms. The first-order valence-electron chi connectivity index (χ1n) is 7.89. The summed E-state index contributed by atoms with van der Waals surface area (Å²) in [5.41, 5.74) is -0.985. The van der Waals surface area contributed by atoms with E-state index in [4.69, 9.17) is 0 Å². The van der Waals surface area contributed by atoms with Gasteiger partial charge in [0.15, 0.2) is 5.82 Å². The molecule has 2 aliphatic heterocycles. The zero-order valence-corrected chi connectivity index (χ0v) is 13.5. The molecule has 1 spiro atoms. The van der Waals surface area contributed by atoms with Crippen LogP contribution in [0.3, 0.4) is 0 Å². The van der Waals surface area contributed by atoms with E-state index in [1.165, 1.54) is 4.90 Å². The van der Waals surface area contributed by atoms with Gasteiger partial charge in [-0.2, -0.15) is 4.39 Å². The molecular weight excluding hydrogens is 316 g/mol. The Labute approximate surface area is 139 Å². The van der Waals surface area contributed by atoms with Crippen molar-refractivity contribution in [2.24, 2.45) is 11.3 Å². The third kappa shape index (κ3) is 2.48. The molecule has 0 unspecified atom stereocenters. The van der Waals surface area contributed by atoms with E-state index in [0.29, 0.717) is 32.3 Å². The van der Waals surface area contributed by atoms with Crippen molar-refractivity contribution in [2.75, 3.05) is 26.2 Å². The smallest absolute Gasteiger partial charge is 0.257 e. The molecule has 1 aromatic heterocycles. The van der Waals surface area contributed by atoms with Gasteiger partial charge >= 0.3 is 0 Å². The third-order valence-electron chi connectivity index (χ3n) is 5.14. The van der Waals surface area contributed by atoms with Crippen LogP contribution in [-0.4, -0.2) is 52.8 Å². The molecule has 0 N–H and O–H groups in total. The van der Waals surface area contributed by atoms with Crippen molar-refractivity contribution in [1.29, 1.82) is 0 Å². The standard InChI is InChI=1S/C17H19F2N3O2/c1-3-5-21-6-4-17(16(21)24)10-22(9-11(17)2)15(23)12-7-14(19)20-8-13(12)18/h3,7-8,11H,1,4-6,9-10H2,2H3/t11-,17-/m1/s1. The molecule has 0 aromatic carbocycles. The fourth-order valence-corrected chi connectivity index (χ4v) is 3.76. The number of nitrogens with zero attached hydrogens (tertiary/aromatic N) is 3. The van der Waals surface area contributed by atoms with Gasteiger partial charge in [0.2, 0.25) is 11.9 Å². The largest absolute Gasteiger partial charge is 0.338 e. The summed E-state index contributed by atoms with van der Waals surface area (Å²) in [5.74, 6) is -2.41. The van der Waals surface area contributed by atoms with Gasteiger partial charge in [-0.3, -0.25) is 9.59 Å². The van der Waals surface area contributed by atoms with Crippen molar-refractivity contribution in [1.82, 2.24) is 14.8 Å². The average Bonchev–Trinajstić information content (AvgIpc) is 3.05. The zero-order chi connectivity index (χ0) is 17.5. The van der Waals surface area contributed by atoms with Crippen molar-refractivity contribution in [3.63, 3.8) is 0 Å². The van der Waals surface area contributed by atoms with Gasteiger partial charge in [0.05, 0.1) is 17.2 Å². The molecule has 5 nitrogen and oxygen atoms in total. The van der Waals surface area contributed by atoms with Gasteiger partial charge in [-0.25, -0.2) is 9.37 Å². The van der Waals surface area contributed by atoms with Crippen LogP contribution in [0, 0.1) is 23.1 Å². The minimum absolute atomic E-state index is 0.00609. The number of rotatable bonds is 3.